The Morgan fingerprint density at radius 2 is 1.57 bits per heavy atom. The van der Waals surface area contributed by atoms with E-state index in [1.165, 1.54) is 22.3 Å². The van der Waals surface area contributed by atoms with Crippen LogP contribution in [-0.2, 0) is 0 Å². The van der Waals surface area contributed by atoms with Crippen molar-refractivity contribution in [3.05, 3.63) is 65.2 Å². The zero-order valence-corrected chi connectivity index (χ0v) is 14.9. The Morgan fingerprint density at radius 1 is 1.00 bits per heavy atom. The average molecular weight is 329 g/mol. The van der Waals surface area contributed by atoms with Gasteiger partial charge in [0.25, 0.3) is 0 Å². The van der Waals surface area contributed by atoms with Crippen molar-refractivity contribution >= 4 is 17.2 Å². The van der Waals surface area contributed by atoms with Gasteiger partial charge >= 0.3 is 0 Å². The lowest BCUT2D eigenvalue weighted by Gasteiger charge is -2.09. The lowest BCUT2D eigenvalue weighted by atomic mass is 10.0. The van der Waals surface area contributed by atoms with Crippen LogP contribution in [0.2, 0.25) is 5.02 Å². The predicted octanol–water partition coefficient (Wildman–Crippen LogP) is 4.56. The zero-order chi connectivity index (χ0) is 16.7. The highest BCUT2D eigenvalue weighted by molar-refractivity contribution is 6.30. The van der Waals surface area contributed by atoms with Gasteiger partial charge in [-0.15, -0.1) is 0 Å². The molecule has 0 atom stereocenters. The van der Waals surface area contributed by atoms with Crippen molar-refractivity contribution in [1.29, 1.82) is 0 Å². The maximum absolute atomic E-state index is 5.94. The van der Waals surface area contributed by atoms with E-state index in [4.69, 9.17) is 11.6 Å². The molecule has 23 heavy (non-hydrogen) atoms. The number of rotatable bonds is 7. The number of benzene rings is 2. The minimum Gasteiger partial charge on any atom is -0.312 e. The molecule has 2 nitrogen and oxygen atoms in total. The molecule has 1 N–H and O–H groups in total. The summed E-state index contributed by atoms with van der Waals surface area (Å²) in [5.41, 5.74) is 4.96. The second kappa shape index (κ2) is 8.88. The maximum atomic E-state index is 5.94. The number of hydrogen-bond donors (Lipinski definition) is 1. The van der Waals surface area contributed by atoms with Crippen LogP contribution in [0.1, 0.15) is 12.5 Å². The first-order chi connectivity index (χ1) is 11.1. The summed E-state index contributed by atoms with van der Waals surface area (Å²) in [5.74, 6) is 0. The molecule has 0 spiro atoms. The third-order valence-electron chi connectivity index (χ3n) is 3.81. The molecule has 2 aromatic rings. The van der Waals surface area contributed by atoms with E-state index < -0.39 is 0 Å². The van der Waals surface area contributed by atoms with Crippen molar-refractivity contribution in [3.8, 4) is 11.1 Å². The minimum absolute atomic E-state index is 0.769. The summed E-state index contributed by atoms with van der Waals surface area (Å²) < 4.78 is 0. The van der Waals surface area contributed by atoms with Gasteiger partial charge in [-0.2, -0.15) is 0 Å². The molecular formula is C20H25ClN2. The molecule has 0 saturated carbocycles. The van der Waals surface area contributed by atoms with Gasteiger partial charge in [0.05, 0.1) is 0 Å². The minimum atomic E-state index is 0.769. The van der Waals surface area contributed by atoms with Gasteiger partial charge in [-0.05, 0) is 55.4 Å². The quantitative estimate of drug-likeness (QED) is 0.749. The van der Waals surface area contributed by atoms with Crippen LogP contribution in [0.5, 0.6) is 0 Å². The van der Waals surface area contributed by atoms with E-state index in [1.807, 2.05) is 12.1 Å². The van der Waals surface area contributed by atoms with E-state index in [2.05, 4.69) is 73.7 Å². The number of likely N-dealkylation sites (N-methyl/N-ethyl adjacent to an activating group) is 1. The van der Waals surface area contributed by atoms with Crippen molar-refractivity contribution in [1.82, 2.24) is 10.2 Å². The van der Waals surface area contributed by atoms with E-state index in [0.29, 0.717) is 0 Å². The molecule has 122 valence electrons. The molecule has 0 amide bonds. The molecule has 0 unspecified atom stereocenters. The van der Waals surface area contributed by atoms with E-state index >= 15 is 0 Å². The fourth-order valence-electron chi connectivity index (χ4n) is 2.32. The molecule has 0 aliphatic rings. The standard InChI is InChI=1S/C20H25ClN2/c1-16(12-13-22-14-15-23(2)3)17-4-6-18(7-5-17)19-8-10-20(21)11-9-19/h4-12,22H,13-15H2,1-3H3/b16-12-. The van der Waals surface area contributed by atoms with Crippen LogP contribution >= 0.6 is 11.6 Å². The van der Waals surface area contributed by atoms with Crippen LogP contribution in [0.4, 0.5) is 0 Å². The number of halogens is 1. The molecule has 0 radical (unpaired) electrons. The largest absolute Gasteiger partial charge is 0.312 e. The van der Waals surface area contributed by atoms with Crippen LogP contribution < -0.4 is 5.32 Å². The Kier molecular flexibility index (Phi) is 6.85. The lowest BCUT2D eigenvalue weighted by Crippen LogP contribution is -2.26. The van der Waals surface area contributed by atoms with Crippen molar-refractivity contribution in [3.63, 3.8) is 0 Å². The van der Waals surface area contributed by atoms with Gasteiger partial charge < -0.3 is 10.2 Å². The third kappa shape index (κ3) is 5.83. The fraction of sp³-hybridized carbons (Fsp3) is 0.300. The zero-order valence-electron chi connectivity index (χ0n) is 14.1. The summed E-state index contributed by atoms with van der Waals surface area (Å²) in [6, 6.07) is 16.6. The molecule has 0 bridgehead atoms. The second-order valence-corrected chi connectivity index (χ2v) is 6.42. The maximum Gasteiger partial charge on any atom is 0.0406 e. The van der Waals surface area contributed by atoms with Crippen molar-refractivity contribution in [2.24, 2.45) is 0 Å². The lowest BCUT2D eigenvalue weighted by molar-refractivity contribution is 0.404. The fourth-order valence-corrected chi connectivity index (χ4v) is 2.44. The van der Waals surface area contributed by atoms with Crippen LogP contribution in [0, 0.1) is 0 Å². The summed E-state index contributed by atoms with van der Waals surface area (Å²) >= 11 is 5.94. The highest BCUT2D eigenvalue weighted by atomic mass is 35.5. The summed E-state index contributed by atoms with van der Waals surface area (Å²) in [6.07, 6.45) is 2.24. The first-order valence-electron chi connectivity index (χ1n) is 7.95. The first-order valence-corrected chi connectivity index (χ1v) is 8.32. The van der Waals surface area contributed by atoms with E-state index in [9.17, 15) is 0 Å². The Hall–Kier alpha value is -1.61. The number of allylic oxidation sites excluding steroid dienone is 1. The van der Waals surface area contributed by atoms with Gasteiger partial charge in [-0.3, -0.25) is 0 Å². The summed E-state index contributed by atoms with van der Waals surface area (Å²) in [5, 5.41) is 4.20. The molecule has 0 aliphatic carbocycles. The van der Waals surface area contributed by atoms with Gasteiger partial charge in [0, 0.05) is 24.7 Å². The molecule has 0 aliphatic heterocycles. The van der Waals surface area contributed by atoms with Crippen molar-refractivity contribution in [2.45, 2.75) is 6.92 Å². The molecule has 0 heterocycles. The predicted molar refractivity (Wildman–Crippen MR) is 102 cm³/mol. The monoisotopic (exact) mass is 328 g/mol. The van der Waals surface area contributed by atoms with Gasteiger partial charge in [0.2, 0.25) is 0 Å². The number of nitrogens with one attached hydrogen (secondary N) is 1. The van der Waals surface area contributed by atoms with Crippen LogP contribution in [-0.4, -0.2) is 38.6 Å². The van der Waals surface area contributed by atoms with E-state index in [1.54, 1.807) is 0 Å². The third-order valence-corrected chi connectivity index (χ3v) is 4.06. The topological polar surface area (TPSA) is 15.3 Å². The van der Waals surface area contributed by atoms with Crippen LogP contribution in [0.15, 0.2) is 54.6 Å². The normalized spacial score (nSPS) is 12.0. The molecule has 0 aromatic heterocycles. The number of hydrogen-bond acceptors (Lipinski definition) is 2. The molecular weight excluding hydrogens is 304 g/mol. The first kappa shape index (κ1) is 17.7. The van der Waals surface area contributed by atoms with Crippen molar-refractivity contribution in [2.75, 3.05) is 33.7 Å². The van der Waals surface area contributed by atoms with Gasteiger partial charge in [-0.25, -0.2) is 0 Å². The second-order valence-electron chi connectivity index (χ2n) is 5.98. The summed E-state index contributed by atoms with van der Waals surface area (Å²) in [4.78, 5) is 2.18. The van der Waals surface area contributed by atoms with Crippen molar-refractivity contribution < 1.29 is 0 Å². The van der Waals surface area contributed by atoms with E-state index in [-0.39, 0.29) is 0 Å². The van der Waals surface area contributed by atoms with Crippen LogP contribution in [0.25, 0.3) is 16.7 Å². The molecule has 0 fully saturated rings. The Labute approximate surface area is 144 Å². The summed E-state index contributed by atoms with van der Waals surface area (Å²) in [6.45, 7) is 5.12. The highest BCUT2D eigenvalue weighted by Gasteiger charge is 2.00. The van der Waals surface area contributed by atoms with Gasteiger partial charge in [-0.1, -0.05) is 54.1 Å². The smallest absolute Gasteiger partial charge is 0.0406 e. The Balaban J connectivity index is 1.94. The molecule has 0 saturated heterocycles. The Bertz CT molecular complexity index is 628. The molecule has 3 heteroatoms. The van der Waals surface area contributed by atoms with Gasteiger partial charge in [0.1, 0.15) is 0 Å². The van der Waals surface area contributed by atoms with Crippen LogP contribution in [0.3, 0.4) is 0 Å². The number of nitrogens with zero attached hydrogens (tertiary/aromatic N) is 1. The summed E-state index contributed by atoms with van der Waals surface area (Å²) in [7, 11) is 4.18. The Morgan fingerprint density at radius 3 is 2.13 bits per heavy atom. The molecule has 2 aromatic carbocycles. The highest BCUT2D eigenvalue weighted by Crippen LogP contribution is 2.23. The average Bonchev–Trinajstić information content (AvgIpc) is 2.55. The SMILES string of the molecule is C/C(=C/CNCCN(C)C)c1ccc(-c2ccc(Cl)cc2)cc1. The van der Waals surface area contributed by atoms with E-state index in [0.717, 1.165) is 24.7 Å². The van der Waals surface area contributed by atoms with Gasteiger partial charge in [0.15, 0.2) is 0 Å². The molecule has 2 rings (SSSR count).